The Morgan fingerprint density at radius 2 is 1.62 bits per heavy atom. The van der Waals surface area contributed by atoms with Crippen LogP contribution in [0.4, 0.5) is 0 Å². The van der Waals surface area contributed by atoms with Gasteiger partial charge in [-0.25, -0.2) is 13.1 Å². The smallest absolute Gasteiger partial charge is 0.211 e. The monoisotopic (exact) mass is 465 g/mol. The minimum atomic E-state index is -3.54. The molecule has 3 nitrogen and oxygen atoms in total. The van der Waals surface area contributed by atoms with Crippen molar-refractivity contribution in [2.75, 3.05) is 6.54 Å². The lowest BCUT2D eigenvalue weighted by Gasteiger charge is -2.18. The van der Waals surface area contributed by atoms with Gasteiger partial charge in [0.25, 0.3) is 0 Å². The first-order valence-corrected chi connectivity index (χ1v) is 12.2. The highest BCUT2D eigenvalue weighted by Gasteiger charge is 2.17. The van der Waals surface area contributed by atoms with E-state index in [0.29, 0.717) is 23.0 Å². The van der Waals surface area contributed by atoms with Gasteiger partial charge in [-0.1, -0.05) is 53.0 Å². The number of benzene rings is 3. The highest BCUT2D eigenvalue weighted by atomic mass is 35.5. The van der Waals surface area contributed by atoms with Crippen LogP contribution in [0.25, 0.3) is 0 Å². The van der Waals surface area contributed by atoms with Crippen LogP contribution in [0.1, 0.15) is 22.8 Å². The second-order valence-electron chi connectivity index (χ2n) is 6.61. The maximum Gasteiger partial charge on any atom is 0.240 e. The Labute approximate surface area is 186 Å². The number of hydrogen-bond acceptors (Lipinski definition) is 3. The van der Waals surface area contributed by atoms with Gasteiger partial charge in [-0.3, -0.25) is 0 Å². The van der Waals surface area contributed by atoms with Crippen LogP contribution in [0.15, 0.2) is 82.6 Å². The molecule has 0 bridgehead atoms. The molecule has 152 valence electrons. The van der Waals surface area contributed by atoms with Crippen molar-refractivity contribution in [3.63, 3.8) is 0 Å². The summed E-state index contributed by atoms with van der Waals surface area (Å²) in [5.41, 5.74) is 2.07. The maximum atomic E-state index is 12.6. The first-order valence-electron chi connectivity index (χ1n) is 9.07. The van der Waals surface area contributed by atoms with Gasteiger partial charge in [0, 0.05) is 26.7 Å². The summed E-state index contributed by atoms with van der Waals surface area (Å²) < 4.78 is 27.8. The molecule has 0 spiro atoms. The standard InChI is InChI=1S/C22H21Cl2NO2S2/c1-16-5-11-21(12-6-16)29(26,27)25-14-13-22(17-3-2-4-19(24)15-17)28-20-9-7-18(23)8-10-20/h2-12,15,22,25H,13-14H2,1H3. The quantitative estimate of drug-likeness (QED) is 0.385. The summed E-state index contributed by atoms with van der Waals surface area (Å²) in [6.45, 7) is 2.24. The van der Waals surface area contributed by atoms with Gasteiger partial charge in [0.2, 0.25) is 10.0 Å². The average molecular weight is 466 g/mol. The van der Waals surface area contributed by atoms with Gasteiger partial charge in [0.15, 0.2) is 0 Å². The van der Waals surface area contributed by atoms with Crippen molar-refractivity contribution in [3.05, 3.63) is 94.0 Å². The molecule has 0 aliphatic heterocycles. The van der Waals surface area contributed by atoms with Crippen LogP contribution in [0.2, 0.25) is 10.0 Å². The maximum absolute atomic E-state index is 12.6. The van der Waals surface area contributed by atoms with Crippen LogP contribution in [-0.4, -0.2) is 15.0 Å². The van der Waals surface area contributed by atoms with E-state index in [1.54, 1.807) is 36.0 Å². The Balaban J connectivity index is 1.72. The van der Waals surface area contributed by atoms with E-state index in [4.69, 9.17) is 23.2 Å². The van der Waals surface area contributed by atoms with Crippen LogP contribution < -0.4 is 4.72 Å². The molecule has 1 N–H and O–H groups in total. The van der Waals surface area contributed by atoms with Gasteiger partial charge < -0.3 is 0 Å². The van der Waals surface area contributed by atoms with Gasteiger partial charge in [0.05, 0.1) is 4.90 Å². The zero-order valence-corrected chi connectivity index (χ0v) is 19.0. The summed E-state index contributed by atoms with van der Waals surface area (Å²) in [6, 6.07) is 22.1. The Hall–Kier alpha value is -1.50. The van der Waals surface area contributed by atoms with Crippen molar-refractivity contribution >= 4 is 45.0 Å². The van der Waals surface area contributed by atoms with Crippen molar-refractivity contribution in [3.8, 4) is 0 Å². The summed E-state index contributed by atoms with van der Waals surface area (Å²) in [7, 11) is -3.54. The molecular formula is C22H21Cl2NO2S2. The van der Waals surface area contributed by atoms with Crippen LogP contribution in [0.3, 0.4) is 0 Å². The zero-order chi connectivity index (χ0) is 20.9. The van der Waals surface area contributed by atoms with Crippen LogP contribution in [-0.2, 0) is 10.0 Å². The predicted molar refractivity (Wildman–Crippen MR) is 122 cm³/mol. The average Bonchev–Trinajstić information content (AvgIpc) is 2.69. The van der Waals surface area contributed by atoms with Crippen molar-refractivity contribution in [1.82, 2.24) is 4.72 Å². The Bertz CT molecular complexity index is 1050. The first-order chi connectivity index (χ1) is 13.8. The second kappa shape index (κ2) is 10.0. The van der Waals surface area contributed by atoms with E-state index >= 15 is 0 Å². The van der Waals surface area contributed by atoms with Crippen LogP contribution in [0, 0.1) is 6.92 Å². The van der Waals surface area contributed by atoms with E-state index in [1.165, 1.54) is 0 Å². The van der Waals surface area contributed by atoms with E-state index in [2.05, 4.69) is 4.72 Å². The number of rotatable bonds is 8. The molecule has 0 aliphatic carbocycles. The summed E-state index contributed by atoms with van der Waals surface area (Å²) >= 11 is 13.8. The lowest BCUT2D eigenvalue weighted by molar-refractivity contribution is 0.578. The SMILES string of the molecule is Cc1ccc(S(=O)(=O)NCCC(Sc2ccc(Cl)cc2)c2cccc(Cl)c2)cc1. The van der Waals surface area contributed by atoms with Crippen molar-refractivity contribution < 1.29 is 8.42 Å². The van der Waals surface area contributed by atoms with E-state index in [0.717, 1.165) is 16.0 Å². The molecule has 0 aromatic heterocycles. The fourth-order valence-corrected chi connectivity index (χ4v) is 5.32. The molecule has 7 heteroatoms. The third kappa shape index (κ3) is 6.49. The van der Waals surface area contributed by atoms with E-state index in [-0.39, 0.29) is 10.1 Å². The summed E-state index contributed by atoms with van der Waals surface area (Å²) in [5, 5.41) is 1.37. The Kier molecular flexibility index (Phi) is 7.66. The molecule has 0 radical (unpaired) electrons. The molecular weight excluding hydrogens is 445 g/mol. The molecule has 0 saturated heterocycles. The molecule has 0 fully saturated rings. The lowest BCUT2D eigenvalue weighted by atomic mass is 10.1. The summed E-state index contributed by atoms with van der Waals surface area (Å²) in [4.78, 5) is 1.33. The van der Waals surface area contributed by atoms with Gasteiger partial charge >= 0.3 is 0 Å². The molecule has 0 saturated carbocycles. The molecule has 1 unspecified atom stereocenters. The molecule has 0 aliphatic rings. The third-order valence-electron chi connectivity index (χ3n) is 4.34. The summed E-state index contributed by atoms with van der Waals surface area (Å²) in [5.74, 6) is 0. The highest BCUT2D eigenvalue weighted by molar-refractivity contribution is 7.99. The molecule has 0 amide bonds. The van der Waals surface area contributed by atoms with Gasteiger partial charge in [0.1, 0.15) is 0 Å². The number of aryl methyl sites for hydroxylation is 1. The number of hydrogen-bond donors (Lipinski definition) is 1. The van der Waals surface area contributed by atoms with E-state index in [9.17, 15) is 8.42 Å². The first kappa shape index (κ1) is 22.2. The van der Waals surface area contributed by atoms with Gasteiger partial charge in [-0.05, 0) is 67.4 Å². The lowest BCUT2D eigenvalue weighted by Crippen LogP contribution is -2.25. The fraction of sp³-hybridized carbons (Fsp3) is 0.182. The normalized spacial score (nSPS) is 12.7. The molecule has 0 heterocycles. The zero-order valence-electron chi connectivity index (χ0n) is 15.8. The van der Waals surface area contributed by atoms with Crippen molar-refractivity contribution in [2.24, 2.45) is 0 Å². The molecule has 1 atom stereocenters. The van der Waals surface area contributed by atoms with Crippen LogP contribution >= 0.6 is 35.0 Å². The van der Waals surface area contributed by atoms with Gasteiger partial charge in [-0.2, -0.15) is 0 Å². The highest BCUT2D eigenvalue weighted by Crippen LogP contribution is 2.38. The molecule has 3 aromatic carbocycles. The minimum absolute atomic E-state index is 0.0376. The third-order valence-corrected chi connectivity index (χ3v) is 7.64. The molecule has 3 rings (SSSR count). The predicted octanol–water partition coefficient (Wildman–Crippen LogP) is 6.50. The number of sulfonamides is 1. The topological polar surface area (TPSA) is 46.2 Å². The van der Waals surface area contributed by atoms with Crippen molar-refractivity contribution in [2.45, 2.75) is 28.4 Å². The Morgan fingerprint density at radius 1 is 0.931 bits per heavy atom. The number of halogens is 2. The van der Waals surface area contributed by atoms with E-state index < -0.39 is 10.0 Å². The largest absolute Gasteiger partial charge is 0.240 e. The minimum Gasteiger partial charge on any atom is -0.211 e. The molecule has 3 aromatic rings. The molecule has 29 heavy (non-hydrogen) atoms. The van der Waals surface area contributed by atoms with Gasteiger partial charge in [-0.15, -0.1) is 11.8 Å². The second-order valence-corrected chi connectivity index (χ2v) is 10.5. The van der Waals surface area contributed by atoms with E-state index in [1.807, 2.05) is 55.5 Å². The van der Waals surface area contributed by atoms with Crippen molar-refractivity contribution in [1.29, 1.82) is 0 Å². The summed E-state index contributed by atoms with van der Waals surface area (Å²) in [6.07, 6.45) is 0.610. The Morgan fingerprint density at radius 3 is 2.28 bits per heavy atom. The fourth-order valence-electron chi connectivity index (χ4n) is 2.80. The number of nitrogens with one attached hydrogen (secondary N) is 1. The number of thioether (sulfide) groups is 1. The van der Waals surface area contributed by atoms with Crippen LogP contribution in [0.5, 0.6) is 0 Å².